The molecule has 3 nitrogen and oxygen atoms in total. The summed E-state index contributed by atoms with van der Waals surface area (Å²) in [7, 11) is 2.50. The molecule has 88 valence electrons. The number of hydrogen-bond acceptors (Lipinski definition) is 3. The molecule has 0 unspecified atom stereocenters. The van der Waals surface area contributed by atoms with Gasteiger partial charge in [-0.25, -0.2) is 0 Å². The maximum Gasteiger partial charge on any atom is 0.321 e. The van der Waals surface area contributed by atoms with Crippen molar-refractivity contribution in [3.05, 3.63) is 0 Å². The van der Waals surface area contributed by atoms with Gasteiger partial charge in [0.15, 0.2) is 0 Å². The quantitative estimate of drug-likeness (QED) is 0.666. The lowest BCUT2D eigenvalue weighted by Crippen LogP contribution is -2.22. The molecule has 0 amide bonds. The van der Waals surface area contributed by atoms with Crippen LogP contribution in [0.3, 0.4) is 0 Å². The molecule has 0 radical (unpaired) electrons. The third kappa shape index (κ3) is 14.6. The fourth-order valence-corrected chi connectivity index (χ4v) is 2.87. The van der Waals surface area contributed by atoms with Crippen molar-refractivity contribution in [3.63, 3.8) is 0 Å². The zero-order chi connectivity index (χ0) is 11.2. The van der Waals surface area contributed by atoms with Crippen molar-refractivity contribution in [1.29, 1.82) is 0 Å². The van der Waals surface area contributed by atoms with E-state index in [0.717, 1.165) is 19.3 Å². The minimum Gasteiger partial charge on any atom is -0.397 e. The molecule has 0 aromatic rings. The minimum atomic E-state index is -1.25. The van der Waals surface area contributed by atoms with Crippen molar-refractivity contribution in [2.45, 2.75) is 39.7 Å². The summed E-state index contributed by atoms with van der Waals surface area (Å²) >= 11 is 0. The minimum absolute atomic E-state index is 0.806. The maximum absolute atomic E-state index is 5.50. The molecule has 0 rings (SSSR count). The molecule has 0 heterocycles. The first kappa shape index (κ1) is 16.5. The Balaban J connectivity index is 0. The fourth-order valence-electron chi connectivity index (χ4n) is 0.957. The van der Waals surface area contributed by atoms with Gasteiger partial charge in [0.1, 0.15) is 0 Å². The summed E-state index contributed by atoms with van der Waals surface area (Å²) in [5, 5.41) is 2.75. The van der Waals surface area contributed by atoms with Crippen LogP contribution in [-0.2, 0) is 8.85 Å². The van der Waals surface area contributed by atoms with Crippen molar-refractivity contribution in [1.82, 2.24) is 5.32 Å². The summed E-state index contributed by atoms with van der Waals surface area (Å²) in [6.45, 7) is 7.88. The van der Waals surface area contributed by atoms with Crippen LogP contribution >= 0.6 is 0 Å². The average Bonchev–Trinajstić information content (AvgIpc) is 2.16. The Morgan fingerprint density at radius 2 is 1.43 bits per heavy atom. The van der Waals surface area contributed by atoms with Gasteiger partial charge < -0.3 is 14.2 Å². The van der Waals surface area contributed by atoms with Crippen LogP contribution in [0, 0.1) is 0 Å². The van der Waals surface area contributed by atoms with Crippen molar-refractivity contribution in [3.8, 4) is 0 Å². The lowest BCUT2D eigenvalue weighted by atomic mass is 10.4. The monoisotopic (exact) mass is 221 g/mol. The number of nitrogens with one attached hydrogen (secondary N) is 1. The molecule has 14 heavy (non-hydrogen) atoms. The molecular formula is C10H27NO2Si. The predicted molar refractivity (Wildman–Crippen MR) is 65.1 cm³/mol. The first-order valence-electron chi connectivity index (χ1n) is 5.58. The van der Waals surface area contributed by atoms with Crippen molar-refractivity contribution in [2.75, 3.05) is 27.3 Å². The SMILES string of the molecule is CCCC[SiH](OCC)OCC.CNC. The third-order valence-electron chi connectivity index (χ3n) is 1.50. The molecule has 0 saturated heterocycles. The molecule has 0 aliphatic carbocycles. The number of hydrogen-bond donors (Lipinski definition) is 1. The Bertz CT molecular complexity index is 88.2. The molecule has 4 heteroatoms. The second kappa shape index (κ2) is 15.6. The smallest absolute Gasteiger partial charge is 0.321 e. The van der Waals surface area contributed by atoms with Gasteiger partial charge >= 0.3 is 9.28 Å². The zero-order valence-corrected chi connectivity index (χ0v) is 11.6. The standard InChI is InChI=1S/C8H20O2Si.C2H7N/c1-4-7-8-11(9-5-2)10-6-3;1-3-2/h11H,4-8H2,1-3H3;3H,1-2H3. The van der Waals surface area contributed by atoms with E-state index in [2.05, 4.69) is 12.2 Å². The van der Waals surface area contributed by atoms with Crippen LogP contribution in [0.25, 0.3) is 0 Å². The molecule has 0 atom stereocenters. The van der Waals surface area contributed by atoms with Gasteiger partial charge in [0.2, 0.25) is 0 Å². The molecule has 0 aromatic carbocycles. The van der Waals surface area contributed by atoms with Gasteiger partial charge in [0.05, 0.1) is 0 Å². The van der Waals surface area contributed by atoms with Gasteiger partial charge in [-0.15, -0.1) is 0 Å². The van der Waals surface area contributed by atoms with E-state index in [9.17, 15) is 0 Å². The van der Waals surface area contributed by atoms with E-state index in [1.807, 2.05) is 27.9 Å². The first-order valence-corrected chi connectivity index (χ1v) is 7.34. The lowest BCUT2D eigenvalue weighted by molar-refractivity contribution is 0.213. The van der Waals surface area contributed by atoms with E-state index < -0.39 is 9.28 Å². The summed E-state index contributed by atoms with van der Waals surface area (Å²) in [6, 6.07) is 1.16. The van der Waals surface area contributed by atoms with Crippen LogP contribution in [0.1, 0.15) is 33.6 Å². The molecule has 0 saturated carbocycles. The summed E-state index contributed by atoms with van der Waals surface area (Å²) in [6.07, 6.45) is 2.49. The zero-order valence-electron chi connectivity index (χ0n) is 10.4. The molecule has 0 spiro atoms. The van der Waals surface area contributed by atoms with Gasteiger partial charge in [-0.3, -0.25) is 0 Å². The molecule has 0 fully saturated rings. The van der Waals surface area contributed by atoms with E-state index in [-0.39, 0.29) is 0 Å². The second-order valence-electron chi connectivity index (χ2n) is 2.98. The Labute approximate surface area is 91.0 Å². The number of unbranched alkanes of at least 4 members (excludes halogenated alkanes) is 1. The Morgan fingerprint density at radius 1 is 1.00 bits per heavy atom. The van der Waals surface area contributed by atoms with Crippen LogP contribution in [0.2, 0.25) is 6.04 Å². The molecule has 1 N–H and O–H groups in total. The average molecular weight is 221 g/mol. The van der Waals surface area contributed by atoms with Crippen LogP contribution < -0.4 is 5.32 Å². The van der Waals surface area contributed by atoms with Crippen LogP contribution in [-0.4, -0.2) is 36.6 Å². The Hall–Kier alpha value is 0.0969. The second-order valence-corrected chi connectivity index (χ2v) is 5.09. The van der Waals surface area contributed by atoms with Gasteiger partial charge in [-0.1, -0.05) is 19.8 Å². The van der Waals surface area contributed by atoms with Crippen molar-refractivity contribution < 1.29 is 8.85 Å². The third-order valence-corrected chi connectivity index (χ3v) is 3.79. The summed E-state index contributed by atoms with van der Waals surface area (Å²) < 4.78 is 11.0. The van der Waals surface area contributed by atoms with Crippen molar-refractivity contribution in [2.24, 2.45) is 0 Å². The van der Waals surface area contributed by atoms with Gasteiger partial charge in [0.25, 0.3) is 0 Å². The summed E-state index contributed by atoms with van der Waals surface area (Å²) in [5.41, 5.74) is 0. The highest BCUT2D eigenvalue weighted by Gasteiger charge is 2.09. The van der Waals surface area contributed by atoms with Gasteiger partial charge in [0, 0.05) is 13.2 Å². The predicted octanol–water partition coefficient (Wildman–Crippen LogP) is 1.92. The van der Waals surface area contributed by atoms with Gasteiger partial charge in [-0.2, -0.15) is 0 Å². The topological polar surface area (TPSA) is 30.5 Å². The van der Waals surface area contributed by atoms with E-state index in [1.165, 1.54) is 12.8 Å². The maximum atomic E-state index is 5.50. The molecular weight excluding hydrogens is 194 g/mol. The lowest BCUT2D eigenvalue weighted by Gasteiger charge is -2.13. The summed E-state index contributed by atoms with van der Waals surface area (Å²) in [4.78, 5) is 0. The highest BCUT2D eigenvalue weighted by Crippen LogP contribution is 2.03. The van der Waals surface area contributed by atoms with E-state index in [1.54, 1.807) is 0 Å². The molecule has 0 aliphatic heterocycles. The Morgan fingerprint density at radius 3 is 1.71 bits per heavy atom. The largest absolute Gasteiger partial charge is 0.397 e. The van der Waals surface area contributed by atoms with Gasteiger partial charge in [-0.05, 0) is 34.0 Å². The highest BCUT2D eigenvalue weighted by molar-refractivity contribution is 6.44. The normalized spacial score (nSPS) is 9.86. The van der Waals surface area contributed by atoms with E-state index >= 15 is 0 Å². The van der Waals surface area contributed by atoms with Crippen LogP contribution in [0.15, 0.2) is 0 Å². The van der Waals surface area contributed by atoms with Crippen LogP contribution in [0.4, 0.5) is 0 Å². The van der Waals surface area contributed by atoms with E-state index in [4.69, 9.17) is 8.85 Å². The molecule has 0 aromatic heterocycles. The summed E-state index contributed by atoms with van der Waals surface area (Å²) in [5.74, 6) is 0. The van der Waals surface area contributed by atoms with Crippen LogP contribution in [0.5, 0.6) is 0 Å². The highest BCUT2D eigenvalue weighted by atomic mass is 28.3. The fraction of sp³-hybridized carbons (Fsp3) is 1.00. The number of rotatable bonds is 7. The van der Waals surface area contributed by atoms with Crippen molar-refractivity contribution >= 4 is 9.28 Å². The van der Waals surface area contributed by atoms with E-state index in [0.29, 0.717) is 0 Å². The Kier molecular flexibility index (Phi) is 18.4. The molecule has 0 bridgehead atoms. The first-order chi connectivity index (χ1) is 6.76. The molecule has 0 aliphatic rings.